The third-order valence-corrected chi connectivity index (χ3v) is 4.37. The molecule has 0 aromatic heterocycles. The largest absolute Gasteiger partial charge is 0.390 e. The predicted octanol–water partition coefficient (Wildman–Crippen LogP) is 4.15. The first-order valence-electron chi connectivity index (χ1n) is 8.96. The highest BCUT2D eigenvalue weighted by atomic mass is 19.1. The minimum atomic E-state index is -0.307. The maximum Gasteiger partial charge on any atom is 0.222 e. The summed E-state index contributed by atoms with van der Waals surface area (Å²) >= 11 is 0. The molecule has 1 amide bonds. The standard InChI is InChI=1S/C21H23FN2O2/c1-2-8-21(25)24(14-16-9-4-3-5-10-16)15-17-13-20(23-26-17)18-11-6-7-12-19(18)22/h3-7,9-12,17H,2,8,13-15H2,1H3. The molecule has 0 fully saturated rings. The zero-order valence-corrected chi connectivity index (χ0v) is 14.9. The monoisotopic (exact) mass is 354 g/mol. The number of hydrogen-bond acceptors (Lipinski definition) is 3. The van der Waals surface area contributed by atoms with Crippen LogP contribution in [-0.4, -0.2) is 29.2 Å². The third-order valence-electron chi connectivity index (χ3n) is 4.37. The molecule has 1 atom stereocenters. The van der Waals surface area contributed by atoms with E-state index in [2.05, 4.69) is 5.16 Å². The molecule has 0 saturated heterocycles. The van der Waals surface area contributed by atoms with Gasteiger partial charge in [0.1, 0.15) is 5.82 Å². The number of hydrogen-bond donors (Lipinski definition) is 0. The quantitative estimate of drug-likeness (QED) is 0.750. The van der Waals surface area contributed by atoms with Crippen LogP contribution in [0.1, 0.15) is 37.3 Å². The molecule has 1 aliphatic heterocycles. The highest BCUT2D eigenvalue weighted by Gasteiger charge is 2.27. The van der Waals surface area contributed by atoms with E-state index in [1.54, 1.807) is 18.2 Å². The van der Waals surface area contributed by atoms with Crippen LogP contribution >= 0.6 is 0 Å². The van der Waals surface area contributed by atoms with Gasteiger partial charge in [-0.2, -0.15) is 0 Å². The number of rotatable bonds is 7. The number of halogens is 1. The van der Waals surface area contributed by atoms with Crippen LogP contribution < -0.4 is 0 Å². The van der Waals surface area contributed by atoms with Crippen LogP contribution in [0.15, 0.2) is 59.8 Å². The van der Waals surface area contributed by atoms with Crippen molar-refractivity contribution < 1.29 is 14.0 Å². The molecule has 2 aromatic carbocycles. The van der Waals surface area contributed by atoms with Crippen molar-refractivity contribution in [2.24, 2.45) is 5.16 Å². The number of carbonyl (C=O) groups excluding carboxylic acids is 1. The molecule has 1 heterocycles. The van der Waals surface area contributed by atoms with E-state index in [0.717, 1.165) is 12.0 Å². The minimum absolute atomic E-state index is 0.0966. The summed E-state index contributed by atoms with van der Waals surface area (Å²) in [5.41, 5.74) is 2.13. The van der Waals surface area contributed by atoms with Crippen molar-refractivity contribution in [3.05, 3.63) is 71.5 Å². The summed E-state index contributed by atoms with van der Waals surface area (Å²) in [6.07, 6.45) is 1.54. The Kier molecular flexibility index (Phi) is 6.00. The molecule has 26 heavy (non-hydrogen) atoms. The molecule has 4 nitrogen and oxygen atoms in total. The molecule has 0 bridgehead atoms. The zero-order chi connectivity index (χ0) is 18.4. The van der Waals surface area contributed by atoms with Crippen LogP contribution in [0.4, 0.5) is 4.39 Å². The molecule has 5 heteroatoms. The Morgan fingerprint density at radius 1 is 1.19 bits per heavy atom. The molecule has 3 rings (SSSR count). The van der Waals surface area contributed by atoms with E-state index in [1.807, 2.05) is 42.2 Å². The lowest BCUT2D eigenvalue weighted by atomic mass is 10.0. The average molecular weight is 354 g/mol. The summed E-state index contributed by atoms with van der Waals surface area (Å²) in [7, 11) is 0. The average Bonchev–Trinajstić information content (AvgIpc) is 3.11. The van der Waals surface area contributed by atoms with E-state index in [9.17, 15) is 9.18 Å². The molecule has 136 valence electrons. The third kappa shape index (κ3) is 4.48. The molecule has 0 N–H and O–H groups in total. The summed E-state index contributed by atoms with van der Waals surface area (Å²) < 4.78 is 13.9. The van der Waals surface area contributed by atoms with E-state index in [-0.39, 0.29) is 17.8 Å². The van der Waals surface area contributed by atoms with Gasteiger partial charge in [0, 0.05) is 24.9 Å². The fourth-order valence-corrected chi connectivity index (χ4v) is 3.06. The maximum absolute atomic E-state index is 13.9. The Labute approximate surface area is 153 Å². The molecule has 0 aliphatic carbocycles. The summed E-state index contributed by atoms with van der Waals surface area (Å²) in [6.45, 7) is 2.97. The molecular weight excluding hydrogens is 331 g/mol. The molecule has 0 spiro atoms. The van der Waals surface area contributed by atoms with E-state index in [4.69, 9.17) is 4.84 Å². The second-order valence-electron chi connectivity index (χ2n) is 6.46. The van der Waals surface area contributed by atoms with Crippen molar-refractivity contribution in [2.75, 3.05) is 6.54 Å². The van der Waals surface area contributed by atoms with Gasteiger partial charge in [-0.3, -0.25) is 4.79 Å². The topological polar surface area (TPSA) is 41.9 Å². The lowest BCUT2D eigenvalue weighted by Crippen LogP contribution is -2.37. The molecule has 0 radical (unpaired) electrons. The first kappa shape index (κ1) is 18.1. The summed E-state index contributed by atoms with van der Waals surface area (Å²) in [5, 5.41) is 4.05. The molecule has 0 saturated carbocycles. The van der Waals surface area contributed by atoms with E-state index < -0.39 is 0 Å². The van der Waals surface area contributed by atoms with Crippen LogP contribution in [0.5, 0.6) is 0 Å². The van der Waals surface area contributed by atoms with Gasteiger partial charge in [-0.25, -0.2) is 4.39 Å². The smallest absolute Gasteiger partial charge is 0.222 e. The first-order chi connectivity index (χ1) is 12.7. The van der Waals surface area contributed by atoms with Crippen LogP contribution in [0, 0.1) is 5.82 Å². The number of carbonyl (C=O) groups is 1. The number of nitrogens with zero attached hydrogens (tertiary/aromatic N) is 2. The van der Waals surface area contributed by atoms with Gasteiger partial charge in [-0.15, -0.1) is 0 Å². The van der Waals surface area contributed by atoms with E-state index in [1.165, 1.54) is 6.07 Å². The normalized spacial score (nSPS) is 16.1. The van der Waals surface area contributed by atoms with Gasteiger partial charge in [0.15, 0.2) is 6.10 Å². The van der Waals surface area contributed by atoms with Crippen LogP contribution in [-0.2, 0) is 16.2 Å². The van der Waals surface area contributed by atoms with Crippen molar-refractivity contribution in [2.45, 2.75) is 38.8 Å². The van der Waals surface area contributed by atoms with Crippen molar-refractivity contribution in [3.63, 3.8) is 0 Å². The van der Waals surface area contributed by atoms with Crippen LogP contribution in [0.3, 0.4) is 0 Å². The van der Waals surface area contributed by atoms with Crippen LogP contribution in [0.25, 0.3) is 0 Å². The zero-order valence-electron chi connectivity index (χ0n) is 14.9. The number of amides is 1. The van der Waals surface area contributed by atoms with E-state index >= 15 is 0 Å². The predicted molar refractivity (Wildman–Crippen MR) is 99.2 cm³/mol. The van der Waals surface area contributed by atoms with Crippen molar-refractivity contribution >= 4 is 11.6 Å². The van der Waals surface area contributed by atoms with Crippen molar-refractivity contribution in [1.82, 2.24) is 4.90 Å². The Morgan fingerprint density at radius 3 is 2.65 bits per heavy atom. The highest BCUT2D eigenvalue weighted by Crippen LogP contribution is 2.20. The van der Waals surface area contributed by atoms with E-state index in [0.29, 0.717) is 37.2 Å². The lowest BCUT2D eigenvalue weighted by molar-refractivity contribution is -0.133. The maximum atomic E-state index is 13.9. The number of benzene rings is 2. The fraction of sp³-hybridized carbons (Fsp3) is 0.333. The van der Waals surface area contributed by atoms with Crippen molar-refractivity contribution in [1.29, 1.82) is 0 Å². The Balaban J connectivity index is 1.66. The Bertz CT molecular complexity index is 777. The molecular formula is C21H23FN2O2. The second kappa shape index (κ2) is 8.61. The summed E-state index contributed by atoms with van der Waals surface area (Å²) in [4.78, 5) is 19.8. The van der Waals surface area contributed by atoms with Gasteiger partial charge in [-0.1, -0.05) is 60.6 Å². The Hall–Kier alpha value is -2.69. The fourth-order valence-electron chi connectivity index (χ4n) is 3.06. The van der Waals surface area contributed by atoms with Gasteiger partial charge < -0.3 is 9.74 Å². The van der Waals surface area contributed by atoms with Gasteiger partial charge in [0.25, 0.3) is 0 Å². The molecule has 1 aliphatic rings. The van der Waals surface area contributed by atoms with Crippen LogP contribution in [0.2, 0.25) is 0 Å². The number of oxime groups is 1. The first-order valence-corrected chi connectivity index (χ1v) is 8.96. The lowest BCUT2D eigenvalue weighted by Gasteiger charge is -2.25. The van der Waals surface area contributed by atoms with Gasteiger partial charge in [0.05, 0.1) is 12.3 Å². The van der Waals surface area contributed by atoms with Crippen molar-refractivity contribution in [3.8, 4) is 0 Å². The second-order valence-corrected chi connectivity index (χ2v) is 6.46. The SMILES string of the molecule is CCCC(=O)N(Cc1ccccc1)CC1CC(c2ccccc2F)=NO1. The van der Waals surface area contributed by atoms with Gasteiger partial charge >= 0.3 is 0 Å². The molecule has 2 aromatic rings. The molecule has 1 unspecified atom stereocenters. The highest BCUT2D eigenvalue weighted by molar-refractivity contribution is 6.01. The summed E-state index contributed by atoms with van der Waals surface area (Å²) in [5.74, 6) is -0.210. The Morgan fingerprint density at radius 2 is 1.92 bits per heavy atom. The van der Waals surface area contributed by atoms with Gasteiger partial charge in [0.2, 0.25) is 5.91 Å². The van der Waals surface area contributed by atoms with Gasteiger partial charge in [-0.05, 0) is 18.1 Å². The minimum Gasteiger partial charge on any atom is -0.390 e. The summed E-state index contributed by atoms with van der Waals surface area (Å²) in [6, 6.07) is 16.4.